The number of ether oxygens (including phenoxy) is 1. The molecule has 1 atom stereocenters. The van der Waals surface area contributed by atoms with Crippen molar-refractivity contribution in [1.82, 2.24) is 24.6 Å². The van der Waals surface area contributed by atoms with Crippen LogP contribution in [0.2, 0.25) is 0 Å². The monoisotopic (exact) mass is 425 g/mol. The number of hydrogen-bond acceptors (Lipinski definition) is 7. The Morgan fingerprint density at radius 1 is 1.32 bits per heavy atom. The number of aryl methyl sites for hydroxylation is 2. The Morgan fingerprint density at radius 3 is 2.90 bits per heavy atom. The number of fused-ring (bicyclic) bond motifs is 1. The average Bonchev–Trinajstić information content (AvgIpc) is 3.16. The highest BCUT2D eigenvalue weighted by atomic mass is 16.5. The molecule has 31 heavy (non-hydrogen) atoms. The van der Waals surface area contributed by atoms with Gasteiger partial charge in [-0.2, -0.15) is 5.10 Å². The summed E-state index contributed by atoms with van der Waals surface area (Å²) in [6.07, 6.45) is 4.14. The summed E-state index contributed by atoms with van der Waals surface area (Å²) in [5.74, 6) is 0.506. The number of amides is 2. The van der Waals surface area contributed by atoms with Crippen LogP contribution < -0.4 is 15.0 Å². The molecule has 0 spiro atoms. The fourth-order valence-corrected chi connectivity index (χ4v) is 4.01. The topological polar surface area (TPSA) is 109 Å². The summed E-state index contributed by atoms with van der Waals surface area (Å²) in [5.41, 5.74) is 3.17. The van der Waals surface area contributed by atoms with Gasteiger partial charge >= 0.3 is 6.03 Å². The summed E-state index contributed by atoms with van der Waals surface area (Å²) in [6.45, 7) is 3.57. The van der Waals surface area contributed by atoms with Crippen molar-refractivity contribution >= 4 is 28.4 Å². The predicted molar refractivity (Wildman–Crippen MR) is 117 cm³/mol. The SMILES string of the molecule is COc1ccc(NC(=O)N2CCN(c3ccnc4c3cnn4C)[C@@H](CCO)C2)c(C)n1. The molecule has 3 aromatic heterocycles. The number of carbonyl (C=O) groups is 1. The van der Waals surface area contributed by atoms with Crippen molar-refractivity contribution in [2.45, 2.75) is 19.4 Å². The van der Waals surface area contributed by atoms with Gasteiger partial charge in [0.1, 0.15) is 0 Å². The molecule has 2 amide bonds. The summed E-state index contributed by atoms with van der Waals surface area (Å²) in [5, 5.41) is 17.9. The van der Waals surface area contributed by atoms with Crippen LogP contribution in [-0.2, 0) is 7.05 Å². The van der Waals surface area contributed by atoms with Crippen LogP contribution in [-0.4, -0.2) is 75.2 Å². The summed E-state index contributed by atoms with van der Waals surface area (Å²) in [4.78, 5) is 25.7. The summed E-state index contributed by atoms with van der Waals surface area (Å²) in [6, 6.07) is 5.27. The normalized spacial score (nSPS) is 16.6. The molecule has 1 saturated heterocycles. The second-order valence-corrected chi connectivity index (χ2v) is 7.56. The summed E-state index contributed by atoms with van der Waals surface area (Å²) in [7, 11) is 3.42. The fourth-order valence-electron chi connectivity index (χ4n) is 4.01. The number of carbonyl (C=O) groups excluding carboxylic acids is 1. The second-order valence-electron chi connectivity index (χ2n) is 7.56. The quantitative estimate of drug-likeness (QED) is 0.641. The third-order valence-electron chi connectivity index (χ3n) is 5.67. The van der Waals surface area contributed by atoms with E-state index in [0.717, 1.165) is 16.7 Å². The molecule has 4 rings (SSSR count). The summed E-state index contributed by atoms with van der Waals surface area (Å²) >= 11 is 0. The molecule has 3 aromatic rings. The fraction of sp³-hybridized carbons (Fsp3) is 0.429. The molecule has 0 unspecified atom stereocenters. The van der Waals surface area contributed by atoms with Crippen molar-refractivity contribution in [2.24, 2.45) is 7.05 Å². The maximum atomic E-state index is 12.9. The zero-order chi connectivity index (χ0) is 22.0. The molecule has 0 aromatic carbocycles. The highest BCUT2D eigenvalue weighted by molar-refractivity contribution is 5.91. The molecule has 0 radical (unpaired) electrons. The van der Waals surface area contributed by atoms with Crippen molar-refractivity contribution in [3.8, 4) is 5.88 Å². The first kappa shape index (κ1) is 20.9. The van der Waals surface area contributed by atoms with Gasteiger partial charge in [0, 0.05) is 51.6 Å². The Labute approximate surface area is 180 Å². The maximum absolute atomic E-state index is 12.9. The largest absolute Gasteiger partial charge is 0.481 e. The van der Waals surface area contributed by atoms with Gasteiger partial charge in [0.2, 0.25) is 5.88 Å². The van der Waals surface area contributed by atoms with Crippen LogP contribution in [0.1, 0.15) is 12.1 Å². The molecular weight excluding hydrogens is 398 g/mol. The van der Waals surface area contributed by atoms with Crippen molar-refractivity contribution < 1.29 is 14.6 Å². The van der Waals surface area contributed by atoms with Crippen LogP contribution in [0.4, 0.5) is 16.2 Å². The Hall–Kier alpha value is -3.40. The van der Waals surface area contributed by atoms with Crippen LogP contribution in [0.25, 0.3) is 11.0 Å². The first-order valence-electron chi connectivity index (χ1n) is 10.2. The van der Waals surface area contributed by atoms with Crippen molar-refractivity contribution in [1.29, 1.82) is 0 Å². The minimum absolute atomic E-state index is 0.0228. The van der Waals surface area contributed by atoms with Gasteiger partial charge in [-0.05, 0) is 25.5 Å². The standard InChI is InChI=1S/C21H27N7O3/c1-14-17(4-5-19(24-14)31-3)25-21(30)27-9-10-28(15(13-27)7-11-29)18-6-8-22-20-16(18)12-23-26(20)2/h4-6,8,12,15,29H,7,9-11,13H2,1-3H3,(H,25,30)/t15-/m0/s1. The Balaban J connectivity index is 1.52. The zero-order valence-electron chi connectivity index (χ0n) is 17.9. The number of pyridine rings is 2. The van der Waals surface area contributed by atoms with E-state index in [4.69, 9.17) is 4.74 Å². The van der Waals surface area contributed by atoms with E-state index in [1.165, 1.54) is 0 Å². The minimum Gasteiger partial charge on any atom is -0.481 e. The number of nitrogens with zero attached hydrogens (tertiary/aromatic N) is 6. The molecule has 164 valence electrons. The van der Waals surface area contributed by atoms with E-state index >= 15 is 0 Å². The summed E-state index contributed by atoms with van der Waals surface area (Å²) < 4.78 is 6.87. The van der Waals surface area contributed by atoms with Gasteiger partial charge in [-0.25, -0.2) is 14.8 Å². The Morgan fingerprint density at radius 2 is 2.16 bits per heavy atom. The van der Waals surface area contributed by atoms with Crippen molar-refractivity contribution in [3.05, 3.63) is 36.3 Å². The van der Waals surface area contributed by atoms with Gasteiger partial charge in [-0.3, -0.25) is 4.68 Å². The van der Waals surface area contributed by atoms with Gasteiger partial charge in [-0.1, -0.05) is 0 Å². The van der Waals surface area contributed by atoms with Gasteiger partial charge in [0.15, 0.2) is 5.65 Å². The lowest BCUT2D eigenvalue weighted by Gasteiger charge is -2.42. The number of aromatic nitrogens is 4. The molecule has 10 nitrogen and oxygen atoms in total. The van der Waals surface area contributed by atoms with Crippen LogP contribution in [0.5, 0.6) is 5.88 Å². The third-order valence-corrected chi connectivity index (χ3v) is 5.67. The van der Waals surface area contributed by atoms with Crippen LogP contribution in [0, 0.1) is 6.92 Å². The number of hydrogen-bond donors (Lipinski definition) is 2. The molecule has 4 heterocycles. The second kappa shape index (κ2) is 8.76. The molecule has 10 heteroatoms. The number of piperazine rings is 1. The predicted octanol–water partition coefficient (Wildman–Crippen LogP) is 1.79. The zero-order valence-corrected chi connectivity index (χ0v) is 17.9. The van der Waals surface area contributed by atoms with E-state index in [9.17, 15) is 9.90 Å². The number of nitrogens with one attached hydrogen (secondary N) is 1. The molecular formula is C21H27N7O3. The smallest absolute Gasteiger partial charge is 0.322 e. The van der Waals surface area contributed by atoms with E-state index < -0.39 is 0 Å². The van der Waals surface area contributed by atoms with E-state index in [2.05, 4.69) is 25.3 Å². The van der Waals surface area contributed by atoms with E-state index in [1.807, 2.05) is 26.2 Å². The molecule has 0 aliphatic carbocycles. The highest BCUT2D eigenvalue weighted by Crippen LogP contribution is 2.29. The number of urea groups is 1. The third kappa shape index (κ3) is 4.11. The number of aliphatic hydroxyl groups is 1. The first-order chi connectivity index (χ1) is 15.0. The van der Waals surface area contributed by atoms with Gasteiger partial charge < -0.3 is 25.0 Å². The minimum atomic E-state index is -0.182. The van der Waals surface area contributed by atoms with Gasteiger partial charge in [0.25, 0.3) is 0 Å². The van der Waals surface area contributed by atoms with E-state index in [-0.39, 0.29) is 18.7 Å². The van der Waals surface area contributed by atoms with Gasteiger partial charge in [0.05, 0.1) is 35.8 Å². The Kier molecular flexibility index (Phi) is 5.90. The number of anilines is 2. The molecule has 2 N–H and O–H groups in total. The van der Waals surface area contributed by atoms with Crippen molar-refractivity contribution in [3.63, 3.8) is 0 Å². The lowest BCUT2D eigenvalue weighted by molar-refractivity contribution is 0.187. The number of aliphatic hydroxyl groups excluding tert-OH is 1. The molecule has 0 saturated carbocycles. The lowest BCUT2D eigenvalue weighted by Crippen LogP contribution is -2.56. The molecule has 1 fully saturated rings. The van der Waals surface area contributed by atoms with Crippen LogP contribution in [0.15, 0.2) is 30.6 Å². The molecule has 0 bridgehead atoms. The lowest BCUT2D eigenvalue weighted by atomic mass is 10.1. The highest BCUT2D eigenvalue weighted by Gasteiger charge is 2.31. The van der Waals surface area contributed by atoms with Crippen LogP contribution in [0.3, 0.4) is 0 Å². The average molecular weight is 425 g/mol. The van der Waals surface area contributed by atoms with Crippen LogP contribution >= 0.6 is 0 Å². The maximum Gasteiger partial charge on any atom is 0.322 e. The van der Waals surface area contributed by atoms with Gasteiger partial charge in [-0.15, -0.1) is 0 Å². The number of methoxy groups -OCH3 is 1. The molecule has 1 aliphatic rings. The number of rotatable bonds is 5. The first-order valence-corrected chi connectivity index (χ1v) is 10.2. The van der Waals surface area contributed by atoms with E-state index in [0.29, 0.717) is 43.3 Å². The molecule has 1 aliphatic heterocycles. The Bertz CT molecular complexity index is 1080. The van der Waals surface area contributed by atoms with Crippen molar-refractivity contribution in [2.75, 3.05) is 43.6 Å². The van der Waals surface area contributed by atoms with E-state index in [1.54, 1.807) is 35.0 Å².